The Labute approximate surface area is 196 Å². The first kappa shape index (κ1) is 22.3. The van der Waals surface area contributed by atoms with Crippen molar-refractivity contribution in [3.8, 4) is 23.3 Å². The first-order valence-corrected chi connectivity index (χ1v) is 10.8. The maximum atomic E-state index is 12.5. The standard InChI is InChI=1S/C26H21ClN2O4/c1-2-13-31-19-9-5-16(6-10-19)24-21-12-11-20(14-23(21)33-25(29)22(24)15-28)32-26(30)17-3-7-18(27)8-4-17/h3-12,14,24H,2,13,29H2,1H3. The summed E-state index contributed by atoms with van der Waals surface area (Å²) in [6.45, 7) is 2.67. The molecule has 4 rings (SSSR count). The number of halogens is 1. The predicted molar refractivity (Wildman–Crippen MR) is 124 cm³/mol. The zero-order chi connectivity index (χ0) is 23.4. The van der Waals surface area contributed by atoms with Gasteiger partial charge in [0.15, 0.2) is 0 Å². The molecule has 0 amide bonds. The van der Waals surface area contributed by atoms with Crippen LogP contribution in [0.15, 0.2) is 78.2 Å². The molecule has 0 bridgehead atoms. The summed E-state index contributed by atoms with van der Waals surface area (Å²) >= 11 is 5.87. The van der Waals surface area contributed by atoms with Crippen molar-refractivity contribution in [2.75, 3.05) is 6.61 Å². The average molecular weight is 461 g/mol. The van der Waals surface area contributed by atoms with Gasteiger partial charge in [-0.25, -0.2) is 4.79 Å². The minimum Gasteiger partial charge on any atom is -0.494 e. The Bertz CT molecular complexity index is 1240. The molecule has 0 radical (unpaired) electrons. The molecule has 166 valence electrons. The Morgan fingerprint density at radius 3 is 2.45 bits per heavy atom. The van der Waals surface area contributed by atoms with Gasteiger partial charge in [0.25, 0.3) is 0 Å². The van der Waals surface area contributed by atoms with Crippen LogP contribution in [0.3, 0.4) is 0 Å². The Balaban J connectivity index is 1.63. The van der Waals surface area contributed by atoms with Gasteiger partial charge in [0.2, 0.25) is 5.88 Å². The zero-order valence-electron chi connectivity index (χ0n) is 17.9. The van der Waals surface area contributed by atoms with E-state index in [1.807, 2.05) is 31.2 Å². The van der Waals surface area contributed by atoms with Gasteiger partial charge in [0.1, 0.15) is 28.9 Å². The van der Waals surface area contributed by atoms with Crippen LogP contribution < -0.4 is 19.9 Å². The van der Waals surface area contributed by atoms with Crippen LogP contribution in [0.4, 0.5) is 0 Å². The largest absolute Gasteiger partial charge is 0.494 e. The van der Waals surface area contributed by atoms with Crippen LogP contribution in [0.5, 0.6) is 17.2 Å². The molecule has 7 heteroatoms. The fourth-order valence-electron chi connectivity index (χ4n) is 3.57. The molecule has 0 saturated carbocycles. The van der Waals surface area contributed by atoms with Crippen LogP contribution in [0.1, 0.15) is 40.7 Å². The van der Waals surface area contributed by atoms with E-state index in [0.717, 1.165) is 23.3 Å². The first-order valence-electron chi connectivity index (χ1n) is 10.4. The summed E-state index contributed by atoms with van der Waals surface area (Å²) in [7, 11) is 0. The summed E-state index contributed by atoms with van der Waals surface area (Å²) < 4.78 is 16.9. The van der Waals surface area contributed by atoms with Crippen LogP contribution in [0.2, 0.25) is 5.02 Å². The topological polar surface area (TPSA) is 94.6 Å². The van der Waals surface area contributed by atoms with Crippen molar-refractivity contribution < 1.29 is 19.0 Å². The normalized spacial score (nSPS) is 14.6. The third-order valence-corrected chi connectivity index (χ3v) is 5.42. The van der Waals surface area contributed by atoms with E-state index in [1.54, 1.807) is 42.5 Å². The third kappa shape index (κ3) is 4.79. The number of esters is 1. The Hall–Kier alpha value is -3.95. The molecule has 3 aromatic carbocycles. The number of nitrogens with two attached hydrogens (primary N) is 1. The molecule has 3 aromatic rings. The maximum Gasteiger partial charge on any atom is 0.343 e. The van der Waals surface area contributed by atoms with E-state index in [4.69, 9.17) is 31.5 Å². The van der Waals surface area contributed by atoms with Gasteiger partial charge in [-0.2, -0.15) is 5.26 Å². The average Bonchev–Trinajstić information content (AvgIpc) is 2.82. The number of rotatable bonds is 6. The quantitative estimate of drug-likeness (QED) is 0.382. The number of carbonyl (C=O) groups is 1. The van der Waals surface area contributed by atoms with Gasteiger partial charge in [-0.3, -0.25) is 0 Å². The number of allylic oxidation sites excluding steroid dienone is 1. The highest BCUT2D eigenvalue weighted by Crippen LogP contribution is 2.43. The molecule has 0 saturated heterocycles. The highest BCUT2D eigenvalue weighted by atomic mass is 35.5. The maximum absolute atomic E-state index is 12.5. The summed E-state index contributed by atoms with van der Waals surface area (Å²) in [5.41, 5.74) is 8.37. The van der Waals surface area contributed by atoms with E-state index in [1.165, 1.54) is 0 Å². The number of hydrogen-bond donors (Lipinski definition) is 1. The van der Waals surface area contributed by atoms with E-state index >= 15 is 0 Å². The molecular weight excluding hydrogens is 440 g/mol. The fourth-order valence-corrected chi connectivity index (χ4v) is 3.70. The van der Waals surface area contributed by atoms with Gasteiger partial charge in [0.05, 0.1) is 18.1 Å². The molecule has 0 aliphatic carbocycles. The van der Waals surface area contributed by atoms with E-state index in [0.29, 0.717) is 34.3 Å². The summed E-state index contributed by atoms with van der Waals surface area (Å²) in [5, 5.41) is 10.3. The molecule has 2 N–H and O–H groups in total. The smallest absolute Gasteiger partial charge is 0.343 e. The monoisotopic (exact) mass is 460 g/mol. The van der Waals surface area contributed by atoms with Gasteiger partial charge < -0.3 is 19.9 Å². The number of hydrogen-bond acceptors (Lipinski definition) is 6. The highest BCUT2D eigenvalue weighted by Gasteiger charge is 2.31. The number of benzene rings is 3. The van der Waals surface area contributed by atoms with Crippen molar-refractivity contribution in [2.45, 2.75) is 19.3 Å². The number of ether oxygens (including phenoxy) is 3. The second-order valence-electron chi connectivity index (χ2n) is 7.44. The van der Waals surface area contributed by atoms with Crippen molar-refractivity contribution in [1.29, 1.82) is 5.26 Å². The molecule has 0 aromatic heterocycles. The first-order chi connectivity index (χ1) is 16.0. The van der Waals surface area contributed by atoms with Crippen LogP contribution in [-0.4, -0.2) is 12.6 Å². The molecule has 1 heterocycles. The number of nitrogens with zero attached hydrogens (tertiary/aromatic N) is 1. The van der Waals surface area contributed by atoms with Crippen LogP contribution >= 0.6 is 11.6 Å². The molecule has 1 aliphatic rings. The van der Waals surface area contributed by atoms with Crippen LogP contribution in [-0.2, 0) is 0 Å². The van der Waals surface area contributed by atoms with Gasteiger partial charge in [-0.15, -0.1) is 0 Å². The van der Waals surface area contributed by atoms with Crippen LogP contribution in [0.25, 0.3) is 0 Å². The number of nitriles is 1. The second kappa shape index (κ2) is 9.68. The number of carbonyl (C=O) groups excluding carboxylic acids is 1. The molecule has 1 atom stereocenters. The molecule has 0 spiro atoms. The lowest BCUT2D eigenvalue weighted by Gasteiger charge is -2.26. The summed E-state index contributed by atoms with van der Waals surface area (Å²) in [6, 6.07) is 21.2. The molecule has 0 fully saturated rings. The molecule has 33 heavy (non-hydrogen) atoms. The lowest BCUT2D eigenvalue weighted by Crippen LogP contribution is -2.21. The SMILES string of the molecule is CCCOc1ccc(C2C(C#N)=C(N)Oc3cc(OC(=O)c4ccc(Cl)cc4)ccc32)cc1. The Morgan fingerprint density at radius 1 is 1.09 bits per heavy atom. The molecule has 1 aliphatic heterocycles. The van der Waals surface area contributed by atoms with Crippen LogP contribution in [0, 0.1) is 11.3 Å². The van der Waals surface area contributed by atoms with E-state index in [2.05, 4.69) is 6.07 Å². The summed E-state index contributed by atoms with van der Waals surface area (Å²) in [6.07, 6.45) is 0.915. The van der Waals surface area contributed by atoms with E-state index < -0.39 is 11.9 Å². The summed E-state index contributed by atoms with van der Waals surface area (Å²) in [4.78, 5) is 12.5. The van der Waals surface area contributed by atoms with Gasteiger partial charge in [0, 0.05) is 16.7 Å². The third-order valence-electron chi connectivity index (χ3n) is 5.17. The van der Waals surface area contributed by atoms with E-state index in [-0.39, 0.29) is 5.88 Å². The Kier molecular flexibility index (Phi) is 6.53. The highest BCUT2D eigenvalue weighted by molar-refractivity contribution is 6.30. The van der Waals surface area contributed by atoms with Crippen molar-refractivity contribution in [3.05, 3.63) is 99.9 Å². The van der Waals surface area contributed by atoms with Gasteiger partial charge >= 0.3 is 5.97 Å². The zero-order valence-corrected chi connectivity index (χ0v) is 18.6. The van der Waals surface area contributed by atoms with Gasteiger partial charge in [-0.05, 0) is 54.4 Å². The predicted octanol–water partition coefficient (Wildman–Crippen LogP) is 5.57. The van der Waals surface area contributed by atoms with Crippen molar-refractivity contribution in [1.82, 2.24) is 0 Å². The second-order valence-corrected chi connectivity index (χ2v) is 7.87. The van der Waals surface area contributed by atoms with Crippen molar-refractivity contribution in [3.63, 3.8) is 0 Å². The molecule has 6 nitrogen and oxygen atoms in total. The van der Waals surface area contributed by atoms with Crippen molar-refractivity contribution >= 4 is 17.6 Å². The number of fused-ring (bicyclic) bond motifs is 1. The Morgan fingerprint density at radius 2 is 1.79 bits per heavy atom. The lowest BCUT2D eigenvalue weighted by atomic mass is 9.83. The van der Waals surface area contributed by atoms with Crippen molar-refractivity contribution in [2.24, 2.45) is 5.73 Å². The lowest BCUT2D eigenvalue weighted by molar-refractivity contribution is 0.0734. The minimum atomic E-state index is -0.525. The fraction of sp³-hybridized carbons (Fsp3) is 0.154. The van der Waals surface area contributed by atoms with Gasteiger partial charge in [-0.1, -0.05) is 36.7 Å². The minimum absolute atomic E-state index is 0.0162. The van der Waals surface area contributed by atoms with E-state index in [9.17, 15) is 10.1 Å². The molecule has 1 unspecified atom stereocenters. The molecular formula is C26H21ClN2O4. The summed E-state index contributed by atoms with van der Waals surface area (Å²) in [5.74, 6) is 0.548.